The van der Waals surface area contributed by atoms with Crippen molar-refractivity contribution in [2.45, 2.75) is 38.4 Å². The van der Waals surface area contributed by atoms with Crippen molar-refractivity contribution in [3.8, 4) is 0 Å². The third kappa shape index (κ3) is 4.58. The van der Waals surface area contributed by atoms with Crippen LogP contribution in [0.3, 0.4) is 0 Å². The minimum absolute atomic E-state index is 0.713. The van der Waals surface area contributed by atoms with Gasteiger partial charge >= 0.3 is 0 Å². The lowest BCUT2D eigenvalue weighted by molar-refractivity contribution is 0.181. The van der Waals surface area contributed by atoms with E-state index in [4.69, 9.17) is 0 Å². The Morgan fingerprint density at radius 2 is 1.95 bits per heavy atom. The van der Waals surface area contributed by atoms with Crippen LogP contribution >= 0.6 is 0 Å². The summed E-state index contributed by atoms with van der Waals surface area (Å²) < 4.78 is 0. The lowest BCUT2D eigenvalue weighted by Gasteiger charge is -2.32. The summed E-state index contributed by atoms with van der Waals surface area (Å²) >= 11 is 0. The number of rotatable bonds is 6. The molecule has 2 rings (SSSR count). The first kappa shape index (κ1) is 15.5. The third-order valence-electron chi connectivity index (χ3n) is 4.22. The molecule has 1 aliphatic rings. The van der Waals surface area contributed by atoms with Gasteiger partial charge in [-0.1, -0.05) is 30.7 Å². The van der Waals surface area contributed by atoms with E-state index in [0.29, 0.717) is 6.04 Å². The molecule has 1 unspecified atom stereocenters. The van der Waals surface area contributed by atoms with Gasteiger partial charge in [0.15, 0.2) is 0 Å². The van der Waals surface area contributed by atoms with Gasteiger partial charge in [0.25, 0.3) is 0 Å². The Hall–Kier alpha value is -0.900. The highest BCUT2D eigenvalue weighted by atomic mass is 15.2. The van der Waals surface area contributed by atoms with E-state index in [2.05, 4.69) is 60.5 Å². The van der Waals surface area contributed by atoms with Crippen molar-refractivity contribution in [3.05, 3.63) is 35.4 Å². The molecule has 1 heterocycles. The number of nitrogens with zero attached hydrogens (tertiary/aromatic N) is 2. The first-order chi connectivity index (χ1) is 9.66. The Balaban J connectivity index is 1.84. The quantitative estimate of drug-likeness (QED) is 0.859. The fraction of sp³-hybridized carbons (Fsp3) is 0.647. The predicted octanol–water partition coefficient (Wildman–Crippen LogP) is 2.32. The van der Waals surface area contributed by atoms with Gasteiger partial charge in [-0.2, -0.15) is 0 Å². The molecule has 3 nitrogen and oxygen atoms in total. The van der Waals surface area contributed by atoms with Crippen LogP contribution in [0.4, 0.5) is 0 Å². The molecule has 0 aromatic heterocycles. The van der Waals surface area contributed by atoms with E-state index in [0.717, 1.165) is 19.6 Å². The van der Waals surface area contributed by atoms with Crippen LogP contribution < -0.4 is 5.32 Å². The van der Waals surface area contributed by atoms with Crippen LogP contribution in [0.1, 0.15) is 30.4 Å². The van der Waals surface area contributed by atoms with Crippen molar-refractivity contribution < 1.29 is 0 Å². The number of likely N-dealkylation sites (N-methyl/N-ethyl adjacent to an activating group) is 1. The molecular formula is C17H29N3. The second-order valence-electron chi connectivity index (χ2n) is 6.27. The van der Waals surface area contributed by atoms with E-state index < -0.39 is 0 Å². The number of nitrogens with one attached hydrogen (secondary N) is 1. The Labute approximate surface area is 124 Å². The van der Waals surface area contributed by atoms with Crippen molar-refractivity contribution >= 4 is 0 Å². The zero-order valence-electron chi connectivity index (χ0n) is 13.2. The van der Waals surface area contributed by atoms with Gasteiger partial charge < -0.3 is 15.1 Å². The molecule has 1 aliphatic heterocycles. The predicted molar refractivity (Wildman–Crippen MR) is 85.8 cm³/mol. The first-order valence-electron chi connectivity index (χ1n) is 7.79. The van der Waals surface area contributed by atoms with Gasteiger partial charge in [-0.25, -0.2) is 0 Å². The Morgan fingerprint density at radius 1 is 1.20 bits per heavy atom. The van der Waals surface area contributed by atoms with E-state index in [9.17, 15) is 0 Å². The molecule has 3 heteroatoms. The monoisotopic (exact) mass is 275 g/mol. The van der Waals surface area contributed by atoms with Crippen LogP contribution in [0, 0.1) is 0 Å². The molecule has 0 amide bonds. The van der Waals surface area contributed by atoms with Crippen LogP contribution in [0.25, 0.3) is 0 Å². The zero-order valence-corrected chi connectivity index (χ0v) is 13.2. The fourth-order valence-electron chi connectivity index (χ4n) is 3.00. The summed E-state index contributed by atoms with van der Waals surface area (Å²) in [5.74, 6) is 0. The first-order valence-corrected chi connectivity index (χ1v) is 7.79. The van der Waals surface area contributed by atoms with Crippen LogP contribution in [0.5, 0.6) is 0 Å². The molecule has 1 atom stereocenters. The summed E-state index contributed by atoms with van der Waals surface area (Å²) in [5, 5.41) is 3.66. The lowest BCUT2D eigenvalue weighted by Crippen LogP contribution is -2.42. The normalized spacial score (nSPS) is 20.5. The van der Waals surface area contributed by atoms with Gasteiger partial charge in [-0.05, 0) is 51.7 Å². The maximum Gasteiger partial charge on any atom is 0.0230 e. The topological polar surface area (TPSA) is 18.5 Å². The molecule has 1 saturated heterocycles. The van der Waals surface area contributed by atoms with Gasteiger partial charge in [-0.3, -0.25) is 0 Å². The molecule has 1 N–H and O–H groups in total. The van der Waals surface area contributed by atoms with E-state index >= 15 is 0 Å². The summed E-state index contributed by atoms with van der Waals surface area (Å²) in [6, 6.07) is 9.48. The highest BCUT2D eigenvalue weighted by Crippen LogP contribution is 2.15. The highest BCUT2D eigenvalue weighted by Gasteiger charge is 2.18. The number of likely N-dealkylation sites (tertiary alicyclic amines) is 1. The SMILES string of the molecule is CN(C)Cc1ccccc1CNCC1CCCCN1C. The lowest BCUT2D eigenvalue weighted by atomic mass is 10.0. The molecule has 1 fully saturated rings. The molecule has 1 aromatic carbocycles. The molecule has 0 aliphatic carbocycles. The molecule has 1 aromatic rings. The van der Waals surface area contributed by atoms with Gasteiger partial charge in [0, 0.05) is 25.7 Å². The number of benzene rings is 1. The van der Waals surface area contributed by atoms with E-state index in [1.165, 1.54) is 36.9 Å². The molecule has 0 radical (unpaired) electrons. The van der Waals surface area contributed by atoms with Crippen LogP contribution in [0.2, 0.25) is 0 Å². The van der Waals surface area contributed by atoms with Gasteiger partial charge in [-0.15, -0.1) is 0 Å². The minimum Gasteiger partial charge on any atom is -0.311 e. The average molecular weight is 275 g/mol. The van der Waals surface area contributed by atoms with Crippen molar-refractivity contribution in [2.24, 2.45) is 0 Å². The Kier molecular flexibility index (Phi) is 6.02. The Bertz CT molecular complexity index is 403. The number of piperidine rings is 1. The third-order valence-corrected chi connectivity index (χ3v) is 4.22. The zero-order chi connectivity index (χ0) is 14.4. The van der Waals surface area contributed by atoms with Crippen molar-refractivity contribution in [1.29, 1.82) is 0 Å². The van der Waals surface area contributed by atoms with Crippen LogP contribution in [-0.2, 0) is 13.1 Å². The molecule has 0 bridgehead atoms. The largest absolute Gasteiger partial charge is 0.311 e. The van der Waals surface area contributed by atoms with Gasteiger partial charge in [0.05, 0.1) is 0 Å². The highest BCUT2D eigenvalue weighted by molar-refractivity contribution is 5.26. The van der Waals surface area contributed by atoms with Crippen molar-refractivity contribution in [1.82, 2.24) is 15.1 Å². The number of hydrogen-bond acceptors (Lipinski definition) is 3. The summed E-state index contributed by atoms with van der Waals surface area (Å²) in [7, 11) is 6.51. The second kappa shape index (κ2) is 7.77. The van der Waals surface area contributed by atoms with Crippen molar-refractivity contribution in [3.63, 3.8) is 0 Å². The fourth-order valence-corrected chi connectivity index (χ4v) is 3.00. The van der Waals surface area contributed by atoms with E-state index in [-0.39, 0.29) is 0 Å². The molecule has 0 saturated carbocycles. The van der Waals surface area contributed by atoms with Gasteiger partial charge in [0.2, 0.25) is 0 Å². The standard InChI is InChI=1S/C17H29N3/c1-19(2)14-16-9-5-4-8-15(16)12-18-13-17-10-6-7-11-20(17)3/h4-5,8-9,17-18H,6-7,10-14H2,1-3H3. The second-order valence-corrected chi connectivity index (χ2v) is 6.27. The Morgan fingerprint density at radius 3 is 2.65 bits per heavy atom. The smallest absolute Gasteiger partial charge is 0.0230 e. The summed E-state index contributed by atoms with van der Waals surface area (Å²) in [6.07, 6.45) is 4.08. The number of hydrogen-bond donors (Lipinski definition) is 1. The average Bonchev–Trinajstić information content (AvgIpc) is 2.42. The van der Waals surface area contributed by atoms with Crippen molar-refractivity contribution in [2.75, 3.05) is 34.2 Å². The molecular weight excluding hydrogens is 246 g/mol. The molecule has 112 valence electrons. The minimum atomic E-state index is 0.713. The summed E-state index contributed by atoms with van der Waals surface area (Å²) in [6.45, 7) is 4.35. The maximum atomic E-state index is 3.66. The summed E-state index contributed by atoms with van der Waals surface area (Å²) in [4.78, 5) is 4.73. The van der Waals surface area contributed by atoms with Crippen LogP contribution in [0.15, 0.2) is 24.3 Å². The maximum absolute atomic E-state index is 3.66. The molecule has 0 spiro atoms. The summed E-state index contributed by atoms with van der Waals surface area (Å²) in [5.41, 5.74) is 2.86. The molecule has 20 heavy (non-hydrogen) atoms. The van der Waals surface area contributed by atoms with Crippen LogP contribution in [-0.4, -0.2) is 50.1 Å². The van der Waals surface area contributed by atoms with E-state index in [1.54, 1.807) is 0 Å². The van der Waals surface area contributed by atoms with E-state index in [1.807, 2.05) is 0 Å². The van der Waals surface area contributed by atoms with Gasteiger partial charge in [0.1, 0.15) is 0 Å².